The van der Waals surface area contributed by atoms with Crippen molar-refractivity contribution in [2.75, 3.05) is 0 Å². The molecule has 1 aromatic rings. The van der Waals surface area contributed by atoms with Gasteiger partial charge in [0.05, 0.1) is 19.6 Å². The summed E-state index contributed by atoms with van der Waals surface area (Å²) in [5.74, 6) is 0. The van der Waals surface area contributed by atoms with Crippen LogP contribution in [-0.4, -0.2) is 13.7 Å². The Labute approximate surface area is 122 Å². The fourth-order valence-electron chi connectivity index (χ4n) is 1.78. The van der Waals surface area contributed by atoms with E-state index < -0.39 is 17.1 Å². The molecule has 6 heteroatoms. The van der Waals surface area contributed by atoms with E-state index in [0.29, 0.717) is 6.42 Å². The molecule has 0 unspecified atom stereocenters. The van der Waals surface area contributed by atoms with Crippen LogP contribution in [0.4, 0.5) is 0 Å². The molecule has 0 spiro atoms. The molecular formula is C15H19N3O3. The number of hydrogen-bond donors (Lipinski definition) is 0. The third kappa shape index (κ3) is 3.68. The molecule has 1 rings (SSSR count). The lowest BCUT2D eigenvalue weighted by Crippen LogP contribution is -2.54. The van der Waals surface area contributed by atoms with Crippen LogP contribution in [-0.2, 0) is 19.6 Å². The lowest BCUT2D eigenvalue weighted by atomic mass is 10.4. The van der Waals surface area contributed by atoms with Gasteiger partial charge in [-0.05, 0) is 6.42 Å². The number of allylic oxidation sites excluding steroid dienone is 5. The quantitative estimate of drug-likeness (QED) is 0.661. The molecule has 0 bridgehead atoms. The highest BCUT2D eigenvalue weighted by Crippen LogP contribution is 1.85. The zero-order valence-electron chi connectivity index (χ0n) is 11.9. The highest BCUT2D eigenvalue weighted by atomic mass is 16.2. The molecule has 0 fully saturated rings. The number of nitrogens with zero attached hydrogens (tertiary/aromatic N) is 3. The molecule has 0 aliphatic heterocycles. The fourth-order valence-corrected chi connectivity index (χ4v) is 1.78. The lowest BCUT2D eigenvalue weighted by Gasteiger charge is -2.10. The Morgan fingerprint density at radius 1 is 0.667 bits per heavy atom. The zero-order chi connectivity index (χ0) is 15.8. The first kappa shape index (κ1) is 16.4. The van der Waals surface area contributed by atoms with Crippen molar-refractivity contribution in [2.45, 2.75) is 26.1 Å². The molecule has 0 radical (unpaired) electrons. The Balaban J connectivity index is 3.47. The highest BCUT2D eigenvalue weighted by molar-refractivity contribution is 4.91. The van der Waals surface area contributed by atoms with Crippen molar-refractivity contribution in [1.29, 1.82) is 0 Å². The normalized spacial score (nSPS) is 10.7. The van der Waals surface area contributed by atoms with Crippen LogP contribution in [0.3, 0.4) is 0 Å². The lowest BCUT2D eigenvalue weighted by molar-refractivity contribution is 0.501. The third-order valence-electron chi connectivity index (χ3n) is 2.77. The maximum atomic E-state index is 12.2. The zero-order valence-corrected chi connectivity index (χ0v) is 11.9. The molecule has 0 saturated heterocycles. The molecule has 0 atom stereocenters. The van der Waals surface area contributed by atoms with Crippen molar-refractivity contribution in [2.24, 2.45) is 0 Å². The molecule has 1 aromatic heterocycles. The Morgan fingerprint density at radius 3 is 1.48 bits per heavy atom. The van der Waals surface area contributed by atoms with Gasteiger partial charge >= 0.3 is 17.1 Å². The summed E-state index contributed by atoms with van der Waals surface area (Å²) in [6.45, 7) is 10.8. The number of aromatic nitrogens is 3. The molecule has 0 aliphatic rings. The summed E-state index contributed by atoms with van der Waals surface area (Å²) in [5.41, 5.74) is -1.95. The minimum atomic E-state index is -0.656. The van der Waals surface area contributed by atoms with Gasteiger partial charge in [0.25, 0.3) is 0 Å². The van der Waals surface area contributed by atoms with E-state index in [9.17, 15) is 14.4 Å². The average Bonchev–Trinajstić information content (AvgIpc) is 2.47. The van der Waals surface area contributed by atoms with E-state index in [0.717, 1.165) is 13.7 Å². The van der Waals surface area contributed by atoms with E-state index in [-0.39, 0.29) is 19.6 Å². The Hall–Kier alpha value is -2.63. The van der Waals surface area contributed by atoms with Crippen LogP contribution >= 0.6 is 0 Å². The summed E-state index contributed by atoms with van der Waals surface area (Å²) in [6, 6.07) is 0. The van der Waals surface area contributed by atoms with Crippen molar-refractivity contribution in [3.05, 3.63) is 81.6 Å². The minimum Gasteiger partial charge on any atom is -0.247 e. The Bertz CT molecular complexity index is 684. The van der Waals surface area contributed by atoms with Crippen molar-refractivity contribution in [3.8, 4) is 0 Å². The van der Waals surface area contributed by atoms with Gasteiger partial charge in [-0.25, -0.2) is 28.1 Å². The maximum absolute atomic E-state index is 12.2. The van der Waals surface area contributed by atoms with Gasteiger partial charge in [0.15, 0.2) is 0 Å². The summed E-state index contributed by atoms with van der Waals surface area (Å²) >= 11 is 0. The average molecular weight is 289 g/mol. The molecule has 0 aliphatic carbocycles. The van der Waals surface area contributed by atoms with Crippen molar-refractivity contribution in [3.63, 3.8) is 0 Å². The van der Waals surface area contributed by atoms with Crippen LogP contribution in [0.1, 0.15) is 6.42 Å². The second kappa shape index (κ2) is 7.84. The minimum absolute atomic E-state index is 0.0471. The van der Waals surface area contributed by atoms with Gasteiger partial charge in [-0.2, -0.15) is 0 Å². The van der Waals surface area contributed by atoms with Crippen LogP contribution in [0.2, 0.25) is 0 Å². The van der Waals surface area contributed by atoms with Gasteiger partial charge in [0.1, 0.15) is 0 Å². The molecule has 0 amide bonds. The van der Waals surface area contributed by atoms with Gasteiger partial charge in [-0.3, -0.25) is 0 Å². The molecule has 1 heterocycles. The van der Waals surface area contributed by atoms with Crippen molar-refractivity contribution in [1.82, 2.24) is 13.7 Å². The molecule has 0 N–H and O–H groups in total. The highest BCUT2D eigenvalue weighted by Gasteiger charge is 2.12. The summed E-state index contributed by atoms with van der Waals surface area (Å²) in [4.78, 5) is 36.5. The number of rotatable bonds is 8. The fraction of sp³-hybridized carbons (Fsp3) is 0.267. The molecule has 0 saturated carbocycles. The smallest absolute Gasteiger partial charge is 0.247 e. The van der Waals surface area contributed by atoms with Gasteiger partial charge in [-0.1, -0.05) is 30.4 Å². The molecule has 6 nitrogen and oxygen atoms in total. The van der Waals surface area contributed by atoms with E-state index in [1.165, 1.54) is 12.2 Å². The topological polar surface area (TPSA) is 66.0 Å². The van der Waals surface area contributed by atoms with Gasteiger partial charge in [-0.15, -0.1) is 19.7 Å². The van der Waals surface area contributed by atoms with Gasteiger partial charge in [0, 0.05) is 0 Å². The predicted molar refractivity (Wildman–Crippen MR) is 83.6 cm³/mol. The van der Waals surface area contributed by atoms with Gasteiger partial charge in [0.2, 0.25) is 0 Å². The van der Waals surface area contributed by atoms with Crippen LogP contribution in [0.25, 0.3) is 0 Å². The van der Waals surface area contributed by atoms with E-state index in [2.05, 4.69) is 19.7 Å². The Kier molecular flexibility index (Phi) is 6.13. The van der Waals surface area contributed by atoms with Crippen LogP contribution in [0.15, 0.2) is 64.5 Å². The van der Waals surface area contributed by atoms with E-state index in [4.69, 9.17) is 0 Å². The van der Waals surface area contributed by atoms with Crippen molar-refractivity contribution >= 4 is 0 Å². The molecule has 112 valence electrons. The standard InChI is InChI=1S/C15H19N3O3/c1-4-7-8-9-12-18-14(20)16(10-5-2)13(19)17(11-6-3)15(18)21/h4-6,8-9H,1-3,7,10-12H2. The summed E-state index contributed by atoms with van der Waals surface area (Å²) < 4.78 is 2.95. The first-order chi connectivity index (χ1) is 10.1. The monoisotopic (exact) mass is 289 g/mol. The Morgan fingerprint density at radius 2 is 1.10 bits per heavy atom. The molecule has 0 aromatic carbocycles. The molecular weight excluding hydrogens is 270 g/mol. The predicted octanol–water partition coefficient (Wildman–Crippen LogP) is 0.676. The van der Waals surface area contributed by atoms with E-state index >= 15 is 0 Å². The number of hydrogen-bond acceptors (Lipinski definition) is 3. The SMILES string of the molecule is C=CCC=CCn1c(=O)n(CC=C)c(=O)n(CC=C)c1=O. The van der Waals surface area contributed by atoms with Gasteiger partial charge < -0.3 is 0 Å². The summed E-state index contributed by atoms with van der Waals surface area (Å²) in [6.07, 6.45) is 8.69. The second-order valence-electron chi connectivity index (χ2n) is 4.25. The largest absolute Gasteiger partial charge is 0.336 e. The van der Waals surface area contributed by atoms with Crippen LogP contribution < -0.4 is 17.1 Å². The van der Waals surface area contributed by atoms with Crippen LogP contribution in [0, 0.1) is 0 Å². The third-order valence-corrected chi connectivity index (χ3v) is 2.77. The second-order valence-corrected chi connectivity index (χ2v) is 4.25. The van der Waals surface area contributed by atoms with E-state index in [1.807, 2.05) is 0 Å². The van der Waals surface area contributed by atoms with Crippen LogP contribution in [0.5, 0.6) is 0 Å². The molecule has 21 heavy (non-hydrogen) atoms. The first-order valence-electron chi connectivity index (χ1n) is 6.50. The maximum Gasteiger partial charge on any atom is 0.336 e. The first-order valence-corrected chi connectivity index (χ1v) is 6.50. The van der Waals surface area contributed by atoms with E-state index in [1.54, 1.807) is 18.2 Å². The van der Waals surface area contributed by atoms with Crippen molar-refractivity contribution < 1.29 is 0 Å². The summed E-state index contributed by atoms with van der Waals surface area (Å²) in [7, 11) is 0. The summed E-state index contributed by atoms with van der Waals surface area (Å²) in [5, 5.41) is 0.